The van der Waals surface area contributed by atoms with Crippen LogP contribution in [0, 0.1) is 11.7 Å². The fraction of sp³-hybridized carbons (Fsp3) is 0.286. The Labute approximate surface area is 172 Å². The molecule has 2 aromatic heterocycles. The third-order valence-electron chi connectivity index (χ3n) is 4.11. The monoisotopic (exact) mass is 415 g/mol. The Kier molecular flexibility index (Phi) is 6.77. The minimum absolute atomic E-state index is 0.137. The van der Waals surface area contributed by atoms with E-state index in [2.05, 4.69) is 10.5 Å². The number of aromatic nitrogens is 1. The highest BCUT2D eigenvalue weighted by atomic mass is 32.1. The number of carbonyl (C=O) groups excluding carboxylic acids is 2. The minimum Gasteiger partial charge on any atom is -0.359 e. The summed E-state index contributed by atoms with van der Waals surface area (Å²) in [4.78, 5) is 27.7. The van der Waals surface area contributed by atoms with Crippen LogP contribution in [0.25, 0.3) is 0 Å². The molecule has 6 nitrogen and oxygen atoms in total. The van der Waals surface area contributed by atoms with Crippen LogP contribution < -0.4 is 5.32 Å². The molecule has 152 valence electrons. The van der Waals surface area contributed by atoms with E-state index in [9.17, 15) is 14.0 Å². The lowest BCUT2D eigenvalue weighted by Crippen LogP contribution is -2.29. The van der Waals surface area contributed by atoms with Crippen LogP contribution in [0.2, 0.25) is 0 Å². The van der Waals surface area contributed by atoms with Crippen molar-refractivity contribution in [2.75, 3.05) is 6.54 Å². The molecule has 2 amide bonds. The molecule has 0 unspecified atom stereocenters. The summed E-state index contributed by atoms with van der Waals surface area (Å²) in [5, 5.41) is 8.53. The number of benzene rings is 1. The smallest absolute Gasteiger partial charge is 0.273 e. The van der Waals surface area contributed by atoms with Gasteiger partial charge in [-0.2, -0.15) is 0 Å². The maximum absolute atomic E-state index is 13.2. The van der Waals surface area contributed by atoms with Gasteiger partial charge in [0.15, 0.2) is 11.5 Å². The molecule has 3 rings (SSSR count). The molecule has 3 aromatic rings. The van der Waals surface area contributed by atoms with Gasteiger partial charge in [0, 0.05) is 23.1 Å². The number of carbonyl (C=O) groups is 2. The largest absolute Gasteiger partial charge is 0.359 e. The van der Waals surface area contributed by atoms with Gasteiger partial charge >= 0.3 is 0 Å². The molecule has 29 heavy (non-hydrogen) atoms. The molecule has 0 bridgehead atoms. The number of amides is 2. The second kappa shape index (κ2) is 9.47. The minimum atomic E-state index is -0.404. The maximum Gasteiger partial charge on any atom is 0.273 e. The lowest BCUT2D eigenvalue weighted by molar-refractivity contribution is 0.0714. The van der Waals surface area contributed by atoms with Crippen molar-refractivity contribution in [3.05, 3.63) is 75.6 Å². The van der Waals surface area contributed by atoms with Gasteiger partial charge in [0.25, 0.3) is 11.8 Å². The van der Waals surface area contributed by atoms with Crippen molar-refractivity contribution in [2.24, 2.45) is 5.92 Å². The summed E-state index contributed by atoms with van der Waals surface area (Å²) in [7, 11) is 0. The van der Waals surface area contributed by atoms with E-state index in [0.29, 0.717) is 30.3 Å². The summed E-state index contributed by atoms with van der Waals surface area (Å²) in [5.74, 6) is -0.269. The molecule has 0 aliphatic rings. The van der Waals surface area contributed by atoms with Crippen molar-refractivity contribution < 1.29 is 18.5 Å². The predicted octanol–water partition coefficient (Wildman–Crippen LogP) is 4.10. The molecule has 0 fully saturated rings. The zero-order chi connectivity index (χ0) is 20.8. The molecule has 0 radical (unpaired) electrons. The average molecular weight is 415 g/mol. The number of halogens is 1. The van der Waals surface area contributed by atoms with Gasteiger partial charge in [-0.05, 0) is 41.6 Å². The van der Waals surface area contributed by atoms with E-state index in [1.54, 1.807) is 4.90 Å². The second-order valence-corrected chi connectivity index (χ2v) is 8.06. The zero-order valence-electron chi connectivity index (χ0n) is 16.2. The van der Waals surface area contributed by atoms with Crippen LogP contribution in [0.5, 0.6) is 0 Å². The van der Waals surface area contributed by atoms with Crippen molar-refractivity contribution >= 4 is 23.2 Å². The number of thiophene rings is 1. The van der Waals surface area contributed by atoms with Crippen molar-refractivity contribution in [3.8, 4) is 0 Å². The molecule has 8 heteroatoms. The highest BCUT2D eigenvalue weighted by Crippen LogP contribution is 2.18. The van der Waals surface area contributed by atoms with Gasteiger partial charge < -0.3 is 14.7 Å². The van der Waals surface area contributed by atoms with Crippen LogP contribution in [0.15, 0.2) is 52.4 Å². The Bertz CT molecular complexity index is 952. The van der Waals surface area contributed by atoms with E-state index in [1.807, 2.05) is 31.4 Å². The number of rotatable bonds is 8. The number of nitrogens with one attached hydrogen (secondary N) is 1. The second-order valence-electron chi connectivity index (χ2n) is 7.03. The Morgan fingerprint density at radius 3 is 2.62 bits per heavy atom. The van der Waals surface area contributed by atoms with Crippen molar-refractivity contribution in [3.63, 3.8) is 0 Å². The van der Waals surface area contributed by atoms with E-state index >= 15 is 0 Å². The van der Waals surface area contributed by atoms with Crippen LogP contribution in [0.1, 0.15) is 45.3 Å². The van der Waals surface area contributed by atoms with Gasteiger partial charge in [-0.15, -0.1) is 11.3 Å². The van der Waals surface area contributed by atoms with Crippen molar-refractivity contribution in [1.29, 1.82) is 0 Å². The van der Waals surface area contributed by atoms with E-state index < -0.39 is 5.82 Å². The van der Waals surface area contributed by atoms with Gasteiger partial charge in [-0.25, -0.2) is 4.39 Å². The van der Waals surface area contributed by atoms with Crippen LogP contribution >= 0.6 is 11.3 Å². The van der Waals surface area contributed by atoms with E-state index in [4.69, 9.17) is 4.52 Å². The fourth-order valence-electron chi connectivity index (χ4n) is 2.64. The van der Waals surface area contributed by atoms with Crippen LogP contribution in [-0.2, 0) is 13.1 Å². The number of nitrogens with zero attached hydrogens (tertiary/aromatic N) is 2. The molecular formula is C21H22FN3O3S. The fourth-order valence-corrected chi connectivity index (χ4v) is 3.35. The molecule has 1 N–H and O–H groups in total. The first kappa shape index (κ1) is 20.7. The van der Waals surface area contributed by atoms with E-state index in [-0.39, 0.29) is 24.1 Å². The predicted molar refractivity (Wildman–Crippen MR) is 108 cm³/mol. The zero-order valence-corrected chi connectivity index (χ0v) is 17.0. The first-order chi connectivity index (χ1) is 13.9. The molecule has 0 atom stereocenters. The Morgan fingerprint density at radius 1 is 1.21 bits per heavy atom. The van der Waals surface area contributed by atoms with Gasteiger partial charge in [-0.3, -0.25) is 9.59 Å². The Hall–Kier alpha value is -3.00. The van der Waals surface area contributed by atoms with Crippen LogP contribution in [0.3, 0.4) is 0 Å². The summed E-state index contributed by atoms with van der Waals surface area (Å²) in [5.41, 5.74) is 0.545. The average Bonchev–Trinajstić information content (AvgIpc) is 3.38. The first-order valence-electron chi connectivity index (χ1n) is 9.23. The van der Waals surface area contributed by atoms with Crippen molar-refractivity contribution in [1.82, 2.24) is 15.4 Å². The van der Waals surface area contributed by atoms with E-state index in [1.165, 1.54) is 41.7 Å². The Morgan fingerprint density at radius 2 is 1.97 bits per heavy atom. The highest BCUT2D eigenvalue weighted by Gasteiger charge is 2.21. The first-order valence-corrected chi connectivity index (χ1v) is 10.1. The molecule has 0 aliphatic heterocycles. The lowest BCUT2D eigenvalue weighted by Gasteiger charge is -2.21. The van der Waals surface area contributed by atoms with Gasteiger partial charge in [-0.1, -0.05) is 25.1 Å². The topological polar surface area (TPSA) is 75.4 Å². The quantitative estimate of drug-likeness (QED) is 0.601. The molecular weight excluding hydrogens is 393 g/mol. The van der Waals surface area contributed by atoms with Crippen LogP contribution in [0.4, 0.5) is 4.39 Å². The normalized spacial score (nSPS) is 10.9. The third kappa shape index (κ3) is 5.74. The van der Waals surface area contributed by atoms with Crippen LogP contribution in [-0.4, -0.2) is 28.4 Å². The summed E-state index contributed by atoms with van der Waals surface area (Å²) in [6.07, 6.45) is 0. The highest BCUT2D eigenvalue weighted by molar-refractivity contribution is 7.09. The van der Waals surface area contributed by atoms with Gasteiger partial charge in [0.1, 0.15) is 5.82 Å². The maximum atomic E-state index is 13.2. The molecule has 1 aromatic carbocycles. The number of hydrogen-bond donors (Lipinski definition) is 1. The molecule has 2 heterocycles. The molecule has 0 saturated heterocycles. The summed E-state index contributed by atoms with van der Waals surface area (Å²) < 4.78 is 18.5. The molecule has 0 aliphatic carbocycles. The summed E-state index contributed by atoms with van der Waals surface area (Å²) >= 11 is 1.53. The summed E-state index contributed by atoms with van der Waals surface area (Å²) in [6, 6.07) is 10.8. The number of hydrogen-bond acceptors (Lipinski definition) is 5. The Balaban J connectivity index is 1.75. The summed E-state index contributed by atoms with van der Waals surface area (Å²) in [6.45, 7) is 5.03. The molecule has 0 spiro atoms. The van der Waals surface area contributed by atoms with Gasteiger partial charge in [0.2, 0.25) is 0 Å². The van der Waals surface area contributed by atoms with Gasteiger partial charge in [0.05, 0.1) is 13.1 Å². The lowest BCUT2D eigenvalue weighted by atomic mass is 10.2. The SMILES string of the molecule is CC(C)CNC(=O)c1cc(CN(Cc2cccs2)C(=O)c2ccc(F)cc2)on1. The molecule has 0 saturated carbocycles. The standard InChI is InChI=1S/C21H22FN3O3S/c1-14(2)11-23-20(26)19-10-17(28-24-19)12-25(13-18-4-3-9-29-18)21(27)15-5-7-16(22)8-6-15/h3-10,14H,11-13H2,1-2H3,(H,23,26). The third-order valence-corrected chi connectivity index (χ3v) is 4.98. The van der Waals surface area contributed by atoms with Crippen molar-refractivity contribution in [2.45, 2.75) is 26.9 Å². The van der Waals surface area contributed by atoms with E-state index in [0.717, 1.165) is 4.88 Å².